The lowest BCUT2D eigenvalue weighted by Crippen LogP contribution is -2.40. The molecule has 1 atom stereocenters. The minimum atomic E-state index is -5.11. The van der Waals surface area contributed by atoms with E-state index in [2.05, 4.69) is 20.0 Å². The highest BCUT2D eigenvalue weighted by Gasteiger charge is 2.40. The molecule has 36 heavy (non-hydrogen) atoms. The molecule has 3 aromatic rings. The van der Waals surface area contributed by atoms with Crippen LogP contribution in [-0.2, 0) is 19.6 Å². The van der Waals surface area contributed by atoms with Crippen LogP contribution in [0.5, 0.6) is 0 Å². The Morgan fingerprint density at radius 3 is 2.08 bits per heavy atom. The third-order valence-electron chi connectivity index (χ3n) is 4.81. The summed E-state index contributed by atoms with van der Waals surface area (Å²) in [5, 5.41) is 4.31. The van der Waals surface area contributed by atoms with E-state index in [1.165, 1.54) is 36.4 Å². The predicted octanol–water partition coefficient (Wildman–Crippen LogP) is 3.64. The second-order valence-electron chi connectivity index (χ2n) is 7.79. The third-order valence-corrected chi connectivity index (χ3v) is 6.15. The summed E-state index contributed by atoms with van der Waals surface area (Å²) in [7, 11) is -4.02. The topological polar surface area (TPSA) is 130 Å². The average Bonchev–Trinajstić information content (AvgIpc) is 2.78. The summed E-state index contributed by atoms with van der Waals surface area (Å²) in [5.41, 5.74) is 1.68. The fourth-order valence-electron chi connectivity index (χ4n) is 3.24. The van der Waals surface area contributed by atoms with Gasteiger partial charge in [0.05, 0.1) is 17.4 Å². The summed E-state index contributed by atoms with van der Waals surface area (Å²) in [5.74, 6) is -2.94. The number of hydrogen-bond acceptors (Lipinski definition) is 6. The van der Waals surface area contributed by atoms with E-state index in [9.17, 15) is 31.2 Å². The number of carbonyl (C=O) groups is 2. The third kappa shape index (κ3) is 7.25. The van der Waals surface area contributed by atoms with Crippen LogP contribution >= 0.6 is 0 Å². The number of aromatic nitrogens is 2. The van der Waals surface area contributed by atoms with Gasteiger partial charge in [-0.3, -0.25) is 9.59 Å². The maximum Gasteiger partial charge on any atom is 0.471 e. The van der Waals surface area contributed by atoms with E-state index in [1.807, 2.05) is 5.32 Å². The molecule has 3 rings (SSSR count). The lowest BCUT2D eigenvalue weighted by molar-refractivity contribution is -0.174. The van der Waals surface area contributed by atoms with Gasteiger partial charge in [0.2, 0.25) is 11.9 Å². The van der Waals surface area contributed by atoms with E-state index in [0.29, 0.717) is 17.0 Å². The Hall–Kier alpha value is -4.00. The molecule has 13 heteroatoms. The van der Waals surface area contributed by atoms with Gasteiger partial charge < -0.3 is 10.6 Å². The number of amides is 2. The first-order chi connectivity index (χ1) is 16.8. The Labute approximate surface area is 205 Å². The van der Waals surface area contributed by atoms with Crippen molar-refractivity contribution in [2.75, 3.05) is 10.0 Å². The standard InChI is InChI=1S/C23H22F3N5O4S/c1-14-12-15(2)28-22(27-14)31-36(34,35)18-10-8-17(9-11-18)29-20(32)13-19(16-6-4-3-5-7-16)30-21(33)23(24,25)26/h3-12,19H,13H2,1-2H3,(H,29,32)(H,30,33)(H,27,28,31). The Morgan fingerprint density at radius 2 is 1.53 bits per heavy atom. The van der Waals surface area contributed by atoms with Gasteiger partial charge in [-0.2, -0.15) is 13.2 Å². The second kappa shape index (κ2) is 10.7. The van der Waals surface area contributed by atoms with Crippen LogP contribution in [0.25, 0.3) is 0 Å². The number of hydrogen-bond donors (Lipinski definition) is 3. The van der Waals surface area contributed by atoms with Crippen molar-refractivity contribution >= 4 is 33.5 Å². The van der Waals surface area contributed by atoms with Crippen molar-refractivity contribution in [2.45, 2.75) is 37.4 Å². The van der Waals surface area contributed by atoms with Crippen molar-refractivity contribution in [2.24, 2.45) is 0 Å². The molecule has 0 aliphatic carbocycles. The van der Waals surface area contributed by atoms with Crippen molar-refractivity contribution in [1.82, 2.24) is 15.3 Å². The number of rotatable bonds is 8. The molecule has 0 aliphatic heterocycles. The zero-order valence-corrected chi connectivity index (χ0v) is 19.9. The van der Waals surface area contributed by atoms with E-state index < -0.39 is 40.5 Å². The fourth-order valence-corrected chi connectivity index (χ4v) is 4.19. The molecule has 0 saturated carbocycles. The lowest BCUT2D eigenvalue weighted by Gasteiger charge is -2.20. The van der Waals surface area contributed by atoms with Crippen molar-refractivity contribution < 1.29 is 31.2 Å². The minimum Gasteiger partial charge on any atom is -0.341 e. The van der Waals surface area contributed by atoms with Gasteiger partial charge in [0.15, 0.2) is 0 Å². The Morgan fingerprint density at radius 1 is 0.944 bits per heavy atom. The molecule has 0 spiro atoms. The molecule has 0 saturated heterocycles. The van der Waals surface area contributed by atoms with Gasteiger partial charge >= 0.3 is 12.1 Å². The van der Waals surface area contributed by atoms with Gasteiger partial charge in [0.1, 0.15) is 0 Å². The van der Waals surface area contributed by atoms with Crippen LogP contribution in [0, 0.1) is 13.8 Å². The van der Waals surface area contributed by atoms with Gasteiger partial charge in [0.25, 0.3) is 10.0 Å². The molecule has 0 aliphatic rings. The summed E-state index contributed by atoms with van der Waals surface area (Å²) in [4.78, 5) is 31.9. The first kappa shape index (κ1) is 26.6. The molecule has 190 valence electrons. The number of nitrogens with zero attached hydrogens (tertiary/aromatic N) is 2. The average molecular weight is 522 g/mol. The molecule has 0 radical (unpaired) electrons. The van der Waals surface area contributed by atoms with E-state index in [-0.39, 0.29) is 16.5 Å². The molecule has 1 unspecified atom stereocenters. The molecule has 2 amide bonds. The number of sulfonamides is 1. The van der Waals surface area contributed by atoms with Crippen LogP contribution in [0.3, 0.4) is 0 Å². The second-order valence-corrected chi connectivity index (χ2v) is 9.47. The number of benzene rings is 2. The van der Waals surface area contributed by atoms with Crippen molar-refractivity contribution in [1.29, 1.82) is 0 Å². The largest absolute Gasteiger partial charge is 0.471 e. The smallest absolute Gasteiger partial charge is 0.341 e. The van der Waals surface area contributed by atoms with Gasteiger partial charge in [-0.05, 0) is 49.7 Å². The van der Waals surface area contributed by atoms with Gasteiger partial charge in [-0.15, -0.1) is 0 Å². The number of nitrogens with one attached hydrogen (secondary N) is 3. The number of anilines is 2. The molecule has 2 aromatic carbocycles. The molecular formula is C23H22F3N5O4S. The Kier molecular flexibility index (Phi) is 7.93. The monoisotopic (exact) mass is 521 g/mol. The number of aryl methyl sites for hydroxylation is 2. The summed E-state index contributed by atoms with van der Waals surface area (Å²) in [6.45, 7) is 3.39. The number of halogens is 3. The highest BCUT2D eigenvalue weighted by molar-refractivity contribution is 7.92. The molecule has 0 fully saturated rings. The Bertz CT molecular complexity index is 1330. The van der Waals surface area contributed by atoms with Crippen LogP contribution in [0.4, 0.5) is 24.8 Å². The highest BCUT2D eigenvalue weighted by atomic mass is 32.2. The maximum atomic E-state index is 12.7. The van der Waals surface area contributed by atoms with E-state index in [4.69, 9.17) is 0 Å². The van der Waals surface area contributed by atoms with E-state index >= 15 is 0 Å². The quantitative estimate of drug-likeness (QED) is 0.415. The molecule has 0 bridgehead atoms. The van der Waals surface area contributed by atoms with E-state index in [1.54, 1.807) is 38.1 Å². The molecule has 1 aromatic heterocycles. The van der Waals surface area contributed by atoms with Crippen molar-refractivity contribution in [3.63, 3.8) is 0 Å². The van der Waals surface area contributed by atoms with Crippen LogP contribution in [0.2, 0.25) is 0 Å². The van der Waals surface area contributed by atoms with Crippen LogP contribution in [-0.4, -0.2) is 36.4 Å². The predicted molar refractivity (Wildman–Crippen MR) is 125 cm³/mol. The summed E-state index contributed by atoms with van der Waals surface area (Å²) < 4.78 is 65.8. The van der Waals surface area contributed by atoms with Gasteiger partial charge in [0, 0.05) is 17.1 Å². The molecule has 1 heterocycles. The van der Waals surface area contributed by atoms with Crippen LogP contribution < -0.4 is 15.4 Å². The van der Waals surface area contributed by atoms with Crippen LogP contribution in [0.1, 0.15) is 29.4 Å². The summed E-state index contributed by atoms with van der Waals surface area (Å²) in [6, 6.07) is 13.3. The van der Waals surface area contributed by atoms with Crippen molar-refractivity contribution in [3.8, 4) is 0 Å². The number of alkyl halides is 3. The fraction of sp³-hybridized carbons (Fsp3) is 0.217. The normalized spacial score (nSPS) is 12.5. The first-order valence-electron chi connectivity index (χ1n) is 10.5. The SMILES string of the molecule is Cc1cc(C)nc(NS(=O)(=O)c2ccc(NC(=O)CC(NC(=O)C(F)(F)F)c3ccccc3)cc2)n1. The van der Waals surface area contributed by atoms with Gasteiger partial charge in [-0.25, -0.2) is 23.1 Å². The zero-order chi connectivity index (χ0) is 26.5. The van der Waals surface area contributed by atoms with Gasteiger partial charge in [-0.1, -0.05) is 30.3 Å². The highest BCUT2D eigenvalue weighted by Crippen LogP contribution is 2.23. The van der Waals surface area contributed by atoms with Crippen LogP contribution in [0.15, 0.2) is 65.6 Å². The molecule has 3 N–H and O–H groups in total. The van der Waals surface area contributed by atoms with Crippen molar-refractivity contribution in [3.05, 3.63) is 77.6 Å². The molecule has 9 nitrogen and oxygen atoms in total. The summed E-state index contributed by atoms with van der Waals surface area (Å²) in [6.07, 6.45) is -5.60. The number of carbonyl (C=O) groups excluding carboxylic acids is 2. The summed E-state index contributed by atoms with van der Waals surface area (Å²) >= 11 is 0. The first-order valence-corrected chi connectivity index (χ1v) is 12.0. The zero-order valence-electron chi connectivity index (χ0n) is 19.1. The minimum absolute atomic E-state index is 0.0854. The Balaban J connectivity index is 1.69. The maximum absolute atomic E-state index is 12.7. The molecular weight excluding hydrogens is 499 g/mol. The lowest BCUT2D eigenvalue weighted by atomic mass is 10.0. The van der Waals surface area contributed by atoms with E-state index in [0.717, 1.165) is 0 Å².